The number of alkyl carbamates (subject to hydrolysis) is 1. The van der Waals surface area contributed by atoms with Gasteiger partial charge in [0.2, 0.25) is 5.91 Å². The van der Waals surface area contributed by atoms with Gasteiger partial charge in [0.1, 0.15) is 70.2 Å². The topological polar surface area (TPSA) is 188 Å². The number of rotatable bonds is 14. The number of ether oxygens (including phenoxy) is 3. The van der Waals surface area contributed by atoms with E-state index in [-0.39, 0.29) is 24.3 Å². The second-order valence-corrected chi connectivity index (χ2v) is 14.7. The largest absolute Gasteiger partial charge is 0.490 e. The maximum Gasteiger partial charge on any atom is 0.408 e. The molecule has 4 aromatic rings. The number of thiazole rings is 1. The Morgan fingerprint density at radius 1 is 0.925 bits per heavy atom. The van der Waals surface area contributed by atoms with Crippen LogP contribution in [0.25, 0.3) is 21.7 Å². The molecule has 2 heterocycles. The van der Waals surface area contributed by atoms with Gasteiger partial charge in [-0.2, -0.15) is 10.5 Å². The third-order valence-corrected chi connectivity index (χ3v) is 9.40. The van der Waals surface area contributed by atoms with Gasteiger partial charge in [0, 0.05) is 34.3 Å². The lowest BCUT2D eigenvalue weighted by Crippen LogP contribution is -2.50. The lowest BCUT2D eigenvalue weighted by atomic mass is 9.96. The van der Waals surface area contributed by atoms with Gasteiger partial charge in [-0.15, -0.1) is 11.3 Å². The van der Waals surface area contributed by atoms with E-state index in [1.807, 2.05) is 29.6 Å². The van der Waals surface area contributed by atoms with Crippen molar-refractivity contribution in [3.63, 3.8) is 0 Å². The molecule has 2 aromatic carbocycles. The molecule has 3 N–H and O–H groups in total. The summed E-state index contributed by atoms with van der Waals surface area (Å²) in [5, 5.41) is 32.2. The molecule has 13 nitrogen and oxygen atoms in total. The molecule has 0 bridgehead atoms. The zero-order valence-corrected chi connectivity index (χ0v) is 32.3. The van der Waals surface area contributed by atoms with Crippen molar-refractivity contribution in [2.45, 2.75) is 63.1 Å². The van der Waals surface area contributed by atoms with Gasteiger partial charge in [0.15, 0.2) is 0 Å². The average molecular weight is 776 g/mol. The molecule has 2 aromatic heterocycles. The standard InChI is InChI=1S/C37H38ClN7O6S2/c1-21(43-36(48)51-37(3,4)5)32(46)42-22(2)35(47)50-16-15-49-27-13-9-23(10-14-27)30-28(17-39)31(41-6)45-34(29(30)18-40)53-20-26-19-52-33(44-26)24-7-11-25(38)12-8-24/h7-14,19,21-22H,15-16,20H2,1-6H3,(H,41,45)(H,42,46)(H,43,48)/t21-,22-/m0/s1. The molecule has 0 saturated carbocycles. The number of nitrogens with zero attached hydrogens (tertiary/aromatic N) is 4. The number of aromatic nitrogens is 2. The van der Waals surface area contributed by atoms with Gasteiger partial charge in [0.05, 0.1) is 11.3 Å². The van der Waals surface area contributed by atoms with Gasteiger partial charge in [-0.1, -0.05) is 47.6 Å². The first-order valence-electron chi connectivity index (χ1n) is 16.3. The van der Waals surface area contributed by atoms with Gasteiger partial charge >= 0.3 is 12.1 Å². The van der Waals surface area contributed by atoms with E-state index in [1.165, 1.54) is 36.9 Å². The first-order chi connectivity index (χ1) is 25.2. The van der Waals surface area contributed by atoms with E-state index in [4.69, 9.17) is 30.8 Å². The zero-order chi connectivity index (χ0) is 38.7. The number of carbonyl (C=O) groups excluding carboxylic acids is 3. The van der Waals surface area contributed by atoms with E-state index >= 15 is 0 Å². The molecule has 16 heteroatoms. The Bertz CT molecular complexity index is 2020. The SMILES string of the molecule is CNc1nc(SCc2csc(-c3ccc(Cl)cc3)n2)c(C#N)c(-c2ccc(OCCOC(=O)[C@H](C)NC(=O)[C@H](C)NC(=O)OC(C)(C)C)cc2)c1C#N. The highest BCUT2D eigenvalue weighted by Crippen LogP contribution is 2.38. The van der Waals surface area contributed by atoms with Crippen molar-refractivity contribution in [3.05, 3.63) is 75.8 Å². The number of nitriles is 2. The van der Waals surface area contributed by atoms with E-state index in [0.29, 0.717) is 38.5 Å². The summed E-state index contributed by atoms with van der Waals surface area (Å²) in [7, 11) is 1.66. The molecule has 0 fully saturated rings. The third kappa shape index (κ3) is 11.3. The molecule has 0 aliphatic heterocycles. The minimum absolute atomic E-state index is 0.0194. The number of nitrogens with one attached hydrogen (secondary N) is 3. The van der Waals surface area contributed by atoms with E-state index in [1.54, 1.807) is 52.1 Å². The molecule has 0 aliphatic carbocycles. The number of hydrogen-bond acceptors (Lipinski definition) is 13. The molecule has 0 aliphatic rings. The number of halogens is 1. The first kappa shape index (κ1) is 40.4. The van der Waals surface area contributed by atoms with Crippen LogP contribution in [-0.2, 0) is 24.8 Å². The summed E-state index contributed by atoms with van der Waals surface area (Å²) in [6.07, 6.45) is -0.753. The fourth-order valence-corrected chi connectivity index (χ4v) is 6.62. The third-order valence-electron chi connectivity index (χ3n) is 7.20. The molecule has 2 amide bonds. The Kier molecular flexibility index (Phi) is 14.0. The summed E-state index contributed by atoms with van der Waals surface area (Å²) >= 11 is 8.88. The fourth-order valence-electron chi connectivity index (χ4n) is 4.68. The van der Waals surface area contributed by atoms with Gasteiger partial charge in [-0.3, -0.25) is 4.79 Å². The van der Waals surface area contributed by atoms with Crippen molar-refractivity contribution >= 4 is 58.5 Å². The molecule has 53 heavy (non-hydrogen) atoms. The Morgan fingerprint density at radius 2 is 1.58 bits per heavy atom. The Labute approximate surface area is 321 Å². The molecular weight excluding hydrogens is 738 g/mol. The van der Waals surface area contributed by atoms with Crippen LogP contribution in [-0.4, -0.2) is 65.9 Å². The molecule has 4 rings (SSSR count). The quantitative estimate of drug-likeness (QED) is 0.0681. The van der Waals surface area contributed by atoms with Crippen LogP contribution in [0.2, 0.25) is 5.02 Å². The van der Waals surface area contributed by atoms with Crippen molar-refractivity contribution in [1.29, 1.82) is 10.5 Å². The summed E-state index contributed by atoms with van der Waals surface area (Å²) < 4.78 is 16.1. The number of amides is 2. The van der Waals surface area contributed by atoms with Crippen molar-refractivity contribution in [2.24, 2.45) is 0 Å². The lowest BCUT2D eigenvalue weighted by Gasteiger charge is -2.22. The molecule has 0 saturated heterocycles. The van der Waals surface area contributed by atoms with E-state index in [9.17, 15) is 24.9 Å². The predicted octanol–water partition coefficient (Wildman–Crippen LogP) is 6.94. The van der Waals surface area contributed by atoms with E-state index in [0.717, 1.165) is 16.3 Å². The second-order valence-electron chi connectivity index (χ2n) is 12.4. The Balaban J connectivity index is 1.36. The number of esters is 1. The van der Waals surface area contributed by atoms with Crippen LogP contribution in [0.1, 0.15) is 51.4 Å². The highest BCUT2D eigenvalue weighted by molar-refractivity contribution is 7.98. The summed E-state index contributed by atoms with van der Waals surface area (Å²) in [5.74, 6) is -0.0139. The number of thioether (sulfide) groups is 1. The minimum Gasteiger partial charge on any atom is -0.490 e. The van der Waals surface area contributed by atoms with Crippen LogP contribution in [0.4, 0.5) is 10.6 Å². The van der Waals surface area contributed by atoms with Crippen LogP contribution >= 0.6 is 34.7 Å². The number of benzene rings is 2. The zero-order valence-electron chi connectivity index (χ0n) is 29.9. The highest BCUT2D eigenvalue weighted by Gasteiger charge is 2.25. The fraction of sp³-hybridized carbons (Fsp3) is 0.324. The number of hydrogen-bond donors (Lipinski definition) is 3. The summed E-state index contributed by atoms with van der Waals surface area (Å²) in [4.78, 5) is 46.1. The second kappa shape index (κ2) is 18.4. The first-order valence-corrected chi connectivity index (χ1v) is 18.6. The molecular formula is C37H38ClN7O6S2. The molecule has 0 spiro atoms. The maximum atomic E-state index is 12.4. The van der Waals surface area contributed by atoms with Gasteiger partial charge < -0.3 is 30.2 Å². The maximum absolute atomic E-state index is 12.4. The van der Waals surface area contributed by atoms with E-state index < -0.39 is 35.7 Å². The van der Waals surface area contributed by atoms with Crippen molar-refractivity contribution in [2.75, 3.05) is 25.6 Å². The van der Waals surface area contributed by atoms with Crippen molar-refractivity contribution in [1.82, 2.24) is 20.6 Å². The number of carbonyl (C=O) groups is 3. The lowest BCUT2D eigenvalue weighted by molar-refractivity contribution is -0.148. The molecule has 0 unspecified atom stereocenters. The normalized spacial score (nSPS) is 12.0. The minimum atomic E-state index is -0.979. The monoisotopic (exact) mass is 775 g/mol. The van der Waals surface area contributed by atoms with Crippen LogP contribution in [0, 0.1) is 22.7 Å². The average Bonchev–Trinajstić information content (AvgIpc) is 3.60. The number of anilines is 1. The van der Waals surface area contributed by atoms with E-state index in [2.05, 4.69) is 33.1 Å². The molecule has 276 valence electrons. The van der Waals surface area contributed by atoms with Gasteiger partial charge in [0.25, 0.3) is 0 Å². The highest BCUT2D eigenvalue weighted by atomic mass is 35.5. The molecule has 0 radical (unpaired) electrons. The number of pyridine rings is 1. The van der Waals surface area contributed by atoms with Gasteiger partial charge in [-0.05, 0) is 64.4 Å². The molecule has 2 atom stereocenters. The van der Waals surface area contributed by atoms with Crippen molar-refractivity contribution in [3.8, 4) is 39.6 Å². The van der Waals surface area contributed by atoms with Crippen LogP contribution in [0.15, 0.2) is 58.9 Å². The van der Waals surface area contributed by atoms with Gasteiger partial charge in [-0.25, -0.2) is 19.6 Å². The summed E-state index contributed by atoms with van der Waals surface area (Å²) in [6.45, 7) is 7.96. The Hall–Kier alpha value is -5.35. The summed E-state index contributed by atoms with van der Waals surface area (Å²) in [5.41, 5.74) is 2.58. The Morgan fingerprint density at radius 3 is 2.21 bits per heavy atom. The summed E-state index contributed by atoms with van der Waals surface area (Å²) in [6, 6.07) is 16.8. The van der Waals surface area contributed by atoms with Crippen LogP contribution < -0.4 is 20.7 Å². The smallest absolute Gasteiger partial charge is 0.408 e. The van der Waals surface area contributed by atoms with Crippen LogP contribution in [0.3, 0.4) is 0 Å². The predicted molar refractivity (Wildman–Crippen MR) is 204 cm³/mol. The van der Waals surface area contributed by atoms with Crippen LogP contribution in [0.5, 0.6) is 5.75 Å². The van der Waals surface area contributed by atoms with Crippen molar-refractivity contribution < 1.29 is 28.6 Å².